The first kappa shape index (κ1) is 17.2. The number of nitrogens with two attached hydrogens (primary N) is 1. The molecule has 0 aliphatic carbocycles. The third kappa shape index (κ3) is 3.43. The van der Waals surface area contributed by atoms with Crippen molar-refractivity contribution in [2.45, 2.75) is 20.8 Å². The van der Waals surface area contributed by atoms with E-state index < -0.39 is 11.6 Å². The quantitative estimate of drug-likeness (QED) is 0.665. The lowest BCUT2D eigenvalue weighted by Crippen LogP contribution is -2.41. The normalized spacial score (nSPS) is 12.3. The van der Waals surface area contributed by atoms with Gasteiger partial charge in [-0.1, -0.05) is 12.7 Å². The van der Waals surface area contributed by atoms with Gasteiger partial charge < -0.3 is 14.9 Å². The molecule has 0 aliphatic rings. The van der Waals surface area contributed by atoms with E-state index >= 15 is 0 Å². The minimum absolute atomic E-state index is 0.152. The van der Waals surface area contributed by atoms with Gasteiger partial charge in [-0.3, -0.25) is 4.79 Å². The molecule has 0 atom stereocenters. The summed E-state index contributed by atoms with van der Waals surface area (Å²) in [6.45, 7) is 8.53. The van der Waals surface area contributed by atoms with Crippen LogP contribution in [-0.4, -0.2) is 11.0 Å². The number of hydrogen-bond acceptors (Lipinski definition) is 6. The van der Waals surface area contributed by atoms with Gasteiger partial charge in [0, 0.05) is 18.7 Å². The van der Waals surface area contributed by atoms with Crippen LogP contribution < -0.4 is 26.7 Å². The largest absolute Gasteiger partial charge is 0.426 e. The van der Waals surface area contributed by atoms with Crippen molar-refractivity contribution in [3.63, 3.8) is 0 Å². The number of carbonyl (C=O) groups is 1. The minimum Gasteiger partial charge on any atom is -0.426 e. The summed E-state index contributed by atoms with van der Waals surface area (Å²) in [4.78, 5) is 27.6. The maximum Gasteiger partial charge on any atom is 0.348 e. The first-order chi connectivity index (χ1) is 11.4. The highest BCUT2D eigenvalue weighted by Crippen LogP contribution is 2.28. The van der Waals surface area contributed by atoms with Gasteiger partial charge in [-0.2, -0.15) is 0 Å². The highest BCUT2D eigenvalue weighted by molar-refractivity contribution is 5.71. The number of aromatic nitrogens is 1. The summed E-state index contributed by atoms with van der Waals surface area (Å²) >= 11 is 0. The lowest BCUT2D eigenvalue weighted by molar-refractivity contribution is -0.131. The molecule has 0 spiro atoms. The number of carbonyl (C=O) groups excluding carboxylic acids is 1. The maximum absolute atomic E-state index is 12.1. The summed E-state index contributed by atoms with van der Waals surface area (Å²) in [6, 6.07) is 3.47. The van der Waals surface area contributed by atoms with E-state index in [1.807, 2.05) is 0 Å². The Morgan fingerprint density at radius 2 is 1.96 bits per heavy atom. The fourth-order valence-corrected chi connectivity index (χ4v) is 2.33. The zero-order chi connectivity index (χ0) is 17.9. The van der Waals surface area contributed by atoms with E-state index in [0.29, 0.717) is 16.7 Å². The number of ether oxygens (including phenoxy) is 1. The van der Waals surface area contributed by atoms with Crippen LogP contribution in [0.1, 0.15) is 18.1 Å². The molecule has 0 amide bonds. The minimum atomic E-state index is -0.588. The molecule has 2 aromatic rings. The lowest BCUT2D eigenvalue weighted by atomic mass is 10.1. The predicted molar refractivity (Wildman–Crippen MR) is 91.6 cm³/mol. The van der Waals surface area contributed by atoms with Crippen molar-refractivity contribution >= 4 is 18.2 Å². The molecule has 0 aliphatic heterocycles. The molecule has 6 heteroatoms. The molecule has 0 unspecified atom stereocenters. The molecule has 0 saturated heterocycles. The standard InChI is InChI=1S/C18H18N2O4/c1-5-6-15-14(9-19)18(22)24-17(20-15)13-7-10(2)16(11(3)8-13)23-12(4)21/h5-9H,1,19H2,2-4H3/b14-9+,15-6+. The van der Waals surface area contributed by atoms with E-state index in [4.69, 9.17) is 14.9 Å². The van der Waals surface area contributed by atoms with E-state index in [2.05, 4.69) is 11.6 Å². The highest BCUT2D eigenvalue weighted by atomic mass is 16.5. The zero-order valence-corrected chi connectivity index (χ0v) is 13.8. The molecule has 6 nitrogen and oxygen atoms in total. The molecule has 0 bridgehead atoms. The van der Waals surface area contributed by atoms with Gasteiger partial charge in [0.25, 0.3) is 0 Å². The molecule has 2 N–H and O–H groups in total. The van der Waals surface area contributed by atoms with Gasteiger partial charge in [0.15, 0.2) is 0 Å². The number of esters is 1. The maximum atomic E-state index is 12.1. The van der Waals surface area contributed by atoms with Crippen molar-refractivity contribution in [1.82, 2.24) is 4.98 Å². The predicted octanol–water partition coefficient (Wildman–Crippen LogP) is 0.907. The molecule has 24 heavy (non-hydrogen) atoms. The van der Waals surface area contributed by atoms with E-state index in [0.717, 1.165) is 17.3 Å². The number of hydrogen-bond donors (Lipinski definition) is 1. The average Bonchev–Trinajstić information content (AvgIpc) is 2.50. The summed E-state index contributed by atoms with van der Waals surface area (Å²) in [5, 5.41) is 0.543. The van der Waals surface area contributed by atoms with Crippen molar-refractivity contribution in [1.29, 1.82) is 0 Å². The van der Waals surface area contributed by atoms with Crippen LogP contribution >= 0.6 is 0 Å². The fraction of sp³-hybridized carbons (Fsp3) is 0.167. The lowest BCUT2D eigenvalue weighted by Gasteiger charge is -2.11. The molecule has 0 radical (unpaired) electrons. The Kier molecular flexibility index (Phi) is 4.99. The number of nitrogens with zero attached hydrogens (tertiary/aromatic N) is 1. The smallest absolute Gasteiger partial charge is 0.348 e. The van der Waals surface area contributed by atoms with E-state index in [-0.39, 0.29) is 11.1 Å². The summed E-state index contributed by atoms with van der Waals surface area (Å²) in [6.07, 6.45) is 4.24. The second-order valence-corrected chi connectivity index (χ2v) is 5.21. The van der Waals surface area contributed by atoms with E-state index in [1.54, 1.807) is 32.1 Å². The molecule has 2 rings (SSSR count). The van der Waals surface area contributed by atoms with Gasteiger partial charge in [-0.05, 0) is 43.2 Å². The third-order valence-corrected chi connectivity index (χ3v) is 3.30. The summed E-state index contributed by atoms with van der Waals surface area (Å²) in [7, 11) is 0. The van der Waals surface area contributed by atoms with Gasteiger partial charge >= 0.3 is 11.6 Å². The van der Waals surface area contributed by atoms with Crippen LogP contribution in [0.25, 0.3) is 23.7 Å². The molecular formula is C18H18N2O4. The summed E-state index contributed by atoms with van der Waals surface area (Å²) < 4.78 is 10.5. The van der Waals surface area contributed by atoms with Gasteiger partial charge in [-0.15, -0.1) is 0 Å². The number of rotatable bonds is 3. The Bertz CT molecular complexity index is 964. The second kappa shape index (κ2) is 6.95. The van der Waals surface area contributed by atoms with Crippen molar-refractivity contribution in [3.05, 3.63) is 56.9 Å². The number of aryl methyl sites for hydroxylation is 2. The van der Waals surface area contributed by atoms with Crippen LogP contribution in [0, 0.1) is 13.8 Å². The van der Waals surface area contributed by atoms with Gasteiger partial charge in [-0.25, -0.2) is 9.78 Å². The zero-order valence-electron chi connectivity index (χ0n) is 13.8. The number of benzene rings is 1. The first-order valence-electron chi connectivity index (χ1n) is 7.23. The Morgan fingerprint density at radius 1 is 1.33 bits per heavy atom. The molecule has 0 saturated carbocycles. The second-order valence-electron chi connectivity index (χ2n) is 5.21. The molecule has 124 valence electrons. The fourth-order valence-electron chi connectivity index (χ4n) is 2.33. The van der Waals surface area contributed by atoms with Crippen LogP contribution in [0.2, 0.25) is 0 Å². The van der Waals surface area contributed by atoms with Gasteiger partial charge in [0.1, 0.15) is 11.0 Å². The van der Waals surface area contributed by atoms with Crippen LogP contribution in [0.4, 0.5) is 0 Å². The highest BCUT2D eigenvalue weighted by Gasteiger charge is 2.13. The van der Waals surface area contributed by atoms with Gasteiger partial charge in [0.2, 0.25) is 5.89 Å². The Labute approximate surface area is 138 Å². The Hall–Kier alpha value is -3.15. The first-order valence-corrected chi connectivity index (χ1v) is 7.23. The molecular weight excluding hydrogens is 308 g/mol. The monoisotopic (exact) mass is 326 g/mol. The molecule has 1 aromatic carbocycles. The molecule has 1 aromatic heterocycles. The summed E-state index contributed by atoms with van der Waals surface area (Å²) in [5.74, 6) is 0.238. The van der Waals surface area contributed by atoms with Crippen LogP contribution in [-0.2, 0) is 4.79 Å². The topological polar surface area (TPSA) is 95.4 Å². The number of allylic oxidation sites excluding steroid dienone is 1. The average molecular weight is 326 g/mol. The summed E-state index contributed by atoms with van der Waals surface area (Å²) in [5.41, 5.74) is 6.93. The van der Waals surface area contributed by atoms with Crippen molar-refractivity contribution in [3.8, 4) is 17.2 Å². The van der Waals surface area contributed by atoms with Crippen LogP contribution in [0.3, 0.4) is 0 Å². The molecule has 1 heterocycles. The van der Waals surface area contributed by atoms with Crippen molar-refractivity contribution < 1.29 is 13.9 Å². The van der Waals surface area contributed by atoms with Gasteiger partial charge in [0.05, 0.1) is 5.35 Å². The SMILES string of the molecule is C=C/C=c1/nc(-c2cc(C)c(OC(C)=O)c(C)c2)oc(=O)/c1=C/N. The van der Waals surface area contributed by atoms with E-state index in [1.165, 1.54) is 13.0 Å². The van der Waals surface area contributed by atoms with E-state index in [9.17, 15) is 9.59 Å². The Morgan fingerprint density at radius 3 is 2.46 bits per heavy atom. The molecule has 0 fully saturated rings. The third-order valence-electron chi connectivity index (χ3n) is 3.30. The van der Waals surface area contributed by atoms with Crippen LogP contribution in [0.15, 0.2) is 34.0 Å². The van der Waals surface area contributed by atoms with Crippen LogP contribution in [0.5, 0.6) is 5.75 Å². The Balaban J connectivity index is 2.70. The van der Waals surface area contributed by atoms with Crippen molar-refractivity contribution in [2.75, 3.05) is 0 Å². The van der Waals surface area contributed by atoms with Crippen molar-refractivity contribution in [2.24, 2.45) is 5.73 Å².